The maximum absolute atomic E-state index is 11.3. The lowest BCUT2D eigenvalue weighted by molar-refractivity contribution is 0.100. The van der Waals surface area contributed by atoms with Crippen molar-refractivity contribution >= 4 is 33.0 Å². The highest BCUT2D eigenvalue weighted by Gasteiger charge is 2.10. The van der Waals surface area contributed by atoms with Crippen molar-refractivity contribution in [1.82, 2.24) is 0 Å². The molecule has 6 nitrogen and oxygen atoms in total. The Morgan fingerprint density at radius 3 is 2.62 bits per heavy atom. The number of nitrogens with one attached hydrogen (secondary N) is 1. The van der Waals surface area contributed by atoms with E-state index in [9.17, 15) is 13.2 Å². The molecule has 0 bridgehead atoms. The number of anilines is 1. The molecule has 1 aromatic carbocycles. The molecule has 0 saturated carbocycles. The molecule has 1 heterocycles. The molecular weight excluding hydrogens is 310 g/mol. The molecule has 0 radical (unpaired) electrons. The molecule has 0 atom stereocenters. The van der Waals surface area contributed by atoms with E-state index in [1.54, 1.807) is 17.5 Å². The van der Waals surface area contributed by atoms with Crippen LogP contribution in [-0.2, 0) is 16.6 Å². The zero-order valence-electron chi connectivity index (χ0n) is 11.3. The molecule has 2 rings (SSSR count). The van der Waals surface area contributed by atoms with Gasteiger partial charge in [0.1, 0.15) is 0 Å². The summed E-state index contributed by atoms with van der Waals surface area (Å²) in [4.78, 5) is 12.0. The molecule has 0 spiro atoms. The molecule has 1 aromatic heterocycles. The first-order chi connectivity index (χ1) is 9.77. The number of sulfonamides is 1. The number of amides is 1. The molecular formula is C13H15N3O3S2. The minimum atomic E-state index is -3.73. The van der Waals surface area contributed by atoms with Crippen LogP contribution in [0.25, 0.3) is 0 Å². The lowest BCUT2D eigenvalue weighted by Crippen LogP contribution is -2.13. The molecule has 21 heavy (non-hydrogen) atoms. The van der Waals surface area contributed by atoms with Gasteiger partial charge in [-0.1, -0.05) is 6.07 Å². The molecule has 5 N–H and O–H groups in total. The molecule has 1 amide bonds. The Bertz CT molecular complexity index is 782. The van der Waals surface area contributed by atoms with Crippen LogP contribution in [-0.4, -0.2) is 14.3 Å². The number of benzene rings is 1. The Balaban J connectivity index is 2.17. The largest absolute Gasteiger partial charge is 0.380 e. The number of rotatable bonds is 5. The van der Waals surface area contributed by atoms with Crippen molar-refractivity contribution < 1.29 is 13.2 Å². The molecule has 0 unspecified atom stereocenters. The topological polar surface area (TPSA) is 115 Å². The van der Waals surface area contributed by atoms with Gasteiger partial charge in [-0.3, -0.25) is 4.79 Å². The Morgan fingerprint density at radius 2 is 2.05 bits per heavy atom. The lowest BCUT2D eigenvalue weighted by Gasteiger charge is -2.10. The Hall–Kier alpha value is -1.90. The standard InChI is InChI=1S/C13H15N3O3S2/c1-8-2-3-11(21(15,18)19)5-12(8)16-6-10-4-9(7-20-10)13(14)17/h2-5,7,16H,6H2,1H3,(H2,14,17)(H2,15,18,19). The SMILES string of the molecule is Cc1ccc(S(N)(=O)=O)cc1NCc1cc(C(N)=O)cs1. The van der Waals surface area contributed by atoms with Crippen LogP contribution in [0, 0.1) is 6.92 Å². The van der Waals surface area contributed by atoms with Crippen LogP contribution < -0.4 is 16.2 Å². The third-order valence-corrected chi connectivity index (χ3v) is 4.78. The first-order valence-electron chi connectivity index (χ1n) is 6.02. The van der Waals surface area contributed by atoms with Gasteiger partial charge in [0.2, 0.25) is 15.9 Å². The van der Waals surface area contributed by atoms with Crippen LogP contribution in [0.15, 0.2) is 34.5 Å². The average molecular weight is 325 g/mol. The number of primary sulfonamides is 1. The number of hydrogen-bond acceptors (Lipinski definition) is 5. The highest BCUT2D eigenvalue weighted by molar-refractivity contribution is 7.89. The quantitative estimate of drug-likeness (QED) is 0.771. The maximum atomic E-state index is 11.3. The van der Waals surface area contributed by atoms with E-state index in [4.69, 9.17) is 10.9 Å². The summed E-state index contributed by atoms with van der Waals surface area (Å²) < 4.78 is 22.7. The fourth-order valence-electron chi connectivity index (χ4n) is 1.75. The van der Waals surface area contributed by atoms with Gasteiger partial charge in [0.15, 0.2) is 0 Å². The minimum Gasteiger partial charge on any atom is -0.380 e. The van der Waals surface area contributed by atoms with E-state index in [1.807, 2.05) is 6.92 Å². The summed E-state index contributed by atoms with van der Waals surface area (Å²) in [5.41, 5.74) is 7.23. The molecule has 0 aliphatic rings. The fraction of sp³-hybridized carbons (Fsp3) is 0.154. The van der Waals surface area contributed by atoms with E-state index in [2.05, 4.69) is 5.32 Å². The van der Waals surface area contributed by atoms with Gasteiger partial charge in [0.25, 0.3) is 0 Å². The second-order valence-corrected chi connectivity index (χ2v) is 7.10. The number of aryl methyl sites for hydroxylation is 1. The molecule has 0 fully saturated rings. The maximum Gasteiger partial charge on any atom is 0.249 e. The summed E-state index contributed by atoms with van der Waals surface area (Å²) in [6, 6.07) is 6.35. The highest BCUT2D eigenvalue weighted by atomic mass is 32.2. The number of nitrogens with two attached hydrogens (primary N) is 2. The minimum absolute atomic E-state index is 0.0552. The summed E-state index contributed by atoms with van der Waals surface area (Å²) in [7, 11) is -3.73. The van der Waals surface area contributed by atoms with Gasteiger partial charge in [0.05, 0.1) is 10.5 Å². The Morgan fingerprint density at radius 1 is 1.33 bits per heavy atom. The normalized spacial score (nSPS) is 11.3. The summed E-state index contributed by atoms with van der Waals surface area (Å²) in [6.07, 6.45) is 0. The number of primary amides is 1. The van der Waals surface area contributed by atoms with Crippen LogP contribution in [0.2, 0.25) is 0 Å². The van der Waals surface area contributed by atoms with Crippen LogP contribution in [0.1, 0.15) is 20.8 Å². The number of thiophene rings is 1. The molecule has 0 saturated heterocycles. The smallest absolute Gasteiger partial charge is 0.249 e. The van der Waals surface area contributed by atoms with Crippen LogP contribution >= 0.6 is 11.3 Å². The number of carbonyl (C=O) groups excluding carboxylic acids is 1. The Kier molecular flexibility index (Phi) is 4.31. The second kappa shape index (κ2) is 5.84. The van der Waals surface area contributed by atoms with Gasteiger partial charge in [0, 0.05) is 22.5 Å². The van der Waals surface area contributed by atoms with E-state index in [-0.39, 0.29) is 4.90 Å². The molecule has 0 aliphatic carbocycles. The van der Waals surface area contributed by atoms with Crippen LogP contribution in [0.5, 0.6) is 0 Å². The van der Waals surface area contributed by atoms with Crippen molar-refractivity contribution in [1.29, 1.82) is 0 Å². The first-order valence-corrected chi connectivity index (χ1v) is 8.44. The lowest BCUT2D eigenvalue weighted by atomic mass is 10.2. The van der Waals surface area contributed by atoms with Crippen molar-refractivity contribution in [2.45, 2.75) is 18.4 Å². The van der Waals surface area contributed by atoms with Crippen molar-refractivity contribution in [3.63, 3.8) is 0 Å². The third-order valence-electron chi connectivity index (χ3n) is 2.93. The Labute approximate surface area is 126 Å². The summed E-state index contributed by atoms with van der Waals surface area (Å²) in [5.74, 6) is -0.468. The van der Waals surface area contributed by atoms with Gasteiger partial charge in [-0.25, -0.2) is 13.6 Å². The predicted molar refractivity (Wildman–Crippen MR) is 82.7 cm³/mol. The highest BCUT2D eigenvalue weighted by Crippen LogP contribution is 2.22. The predicted octanol–water partition coefficient (Wildman–Crippen LogP) is 1.41. The van der Waals surface area contributed by atoms with E-state index >= 15 is 0 Å². The molecule has 2 aromatic rings. The van der Waals surface area contributed by atoms with Crippen molar-refractivity contribution in [2.75, 3.05) is 5.32 Å². The summed E-state index contributed by atoms with van der Waals surface area (Å²) in [6.45, 7) is 2.32. The monoisotopic (exact) mass is 325 g/mol. The van der Waals surface area contributed by atoms with Gasteiger partial charge in [-0.05, 0) is 30.7 Å². The van der Waals surface area contributed by atoms with Crippen LogP contribution in [0.4, 0.5) is 5.69 Å². The van der Waals surface area contributed by atoms with Crippen molar-refractivity contribution in [2.24, 2.45) is 10.9 Å². The molecule has 8 heteroatoms. The molecule has 0 aliphatic heterocycles. The van der Waals surface area contributed by atoms with E-state index in [1.165, 1.54) is 23.5 Å². The summed E-state index contributed by atoms with van der Waals surface area (Å²) >= 11 is 1.41. The van der Waals surface area contributed by atoms with E-state index in [0.29, 0.717) is 17.8 Å². The molecule has 112 valence electrons. The third kappa shape index (κ3) is 3.81. The van der Waals surface area contributed by atoms with Crippen LogP contribution in [0.3, 0.4) is 0 Å². The van der Waals surface area contributed by atoms with E-state index < -0.39 is 15.9 Å². The zero-order valence-corrected chi connectivity index (χ0v) is 12.9. The van der Waals surface area contributed by atoms with E-state index in [0.717, 1.165) is 10.4 Å². The van der Waals surface area contributed by atoms with Crippen molar-refractivity contribution in [3.8, 4) is 0 Å². The van der Waals surface area contributed by atoms with Gasteiger partial charge in [-0.2, -0.15) is 0 Å². The van der Waals surface area contributed by atoms with Gasteiger partial charge >= 0.3 is 0 Å². The van der Waals surface area contributed by atoms with Gasteiger partial charge in [-0.15, -0.1) is 11.3 Å². The zero-order chi connectivity index (χ0) is 15.6. The first kappa shape index (κ1) is 15.5. The number of hydrogen-bond donors (Lipinski definition) is 3. The summed E-state index contributed by atoms with van der Waals surface area (Å²) in [5, 5.41) is 9.93. The van der Waals surface area contributed by atoms with Crippen molar-refractivity contribution in [3.05, 3.63) is 45.6 Å². The van der Waals surface area contributed by atoms with Gasteiger partial charge < -0.3 is 11.1 Å². The average Bonchev–Trinajstić information content (AvgIpc) is 2.85. The number of carbonyl (C=O) groups is 1. The fourth-order valence-corrected chi connectivity index (χ4v) is 3.11. The second-order valence-electron chi connectivity index (χ2n) is 4.54.